The maximum atomic E-state index is 5.67. The lowest BCUT2D eigenvalue weighted by Crippen LogP contribution is -2.36. The molecule has 0 amide bonds. The van der Waals surface area contributed by atoms with E-state index in [4.69, 9.17) is 4.74 Å². The van der Waals surface area contributed by atoms with Crippen molar-refractivity contribution in [1.82, 2.24) is 5.32 Å². The monoisotopic (exact) mass is 275 g/mol. The van der Waals surface area contributed by atoms with Crippen LogP contribution in [0.3, 0.4) is 0 Å². The van der Waals surface area contributed by atoms with Crippen molar-refractivity contribution in [2.24, 2.45) is 0 Å². The van der Waals surface area contributed by atoms with Crippen LogP contribution in [0.4, 0.5) is 0 Å². The molecule has 1 N–H and O–H groups in total. The van der Waals surface area contributed by atoms with Gasteiger partial charge >= 0.3 is 0 Å². The average Bonchev–Trinajstić information content (AvgIpc) is 2.38. The molecule has 0 fully saturated rings. The van der Waals surface area contributed by atoms with Crippen molar-refractivity contribution in [3.8, 4) is 5.75 Å². The lowest BCUT2D eigenvalue weighted by Gasteiger charge is -2.20. The van der Waals surface area contributed by atoms with Gasteiger partial charge in [-0.25, -0.2) is 0 Å². The number of ether oxygens (including phenoxy) is 1. The number of unbranched alkanes of at least 4 members (excludes halogenated alkanes) is 1. The Morgan fingerprint density at radius 3 is 2.40 bits per heavy atom. The van der Waals surface area contributed by atoms with E-state index >= 15 is 0 Å². The predicted molar refractivity (Wildman–Crippen MR) is 88.3 cm³/mol. The second-order valence-electron chi connectivity index (χ2n) is 6.37. The fraction of sp³-hybridized carbons (Fsp3) is 0.556. The average molecular weight is 275 g/mol. The minimum Gasteiger partial charge on any atom is -0.494 e. The van der Waals surface area contributed by atoms with Crippen molar-refractivity contribution < 1.29 is 4.74 Å². The molecule has 1 rings (SSSR count). The quantitative estimate of drug-likeness (QED) is 0.731. The van der Waals surface area contributed by atoms with E-state index in [2.05, 4.69) is 58.1 Å². The first-order valence-electron chi connectivity index (χ1n) is 7.56. The molecule has 0 spiro atoms. The summed E-state index contributed by atoms with van der Waals surface area (Å²) in [6.07, 6.45) is 4.49. The van der Waals surface area contributed by atoms with E-state index in [1.807, 2.05) is 12.1 Å². The molecule has 1 aromatic rings. The zero-order chi connectivity index (χ0) is 15.0. The van der Waals surface area contributed by atoms with Crippen molar-refractivity contribution in [2.75, 3.05) is 13.2 Å². The highest BCUT2D eigenvalue weighted by molar-refractivity contribution is 5.53. The van der Waals surface area contributed by atoms with Gasteiger partial charge in [0.1, 0.15) is 5.75 Å². The Hall–Kier alpha value is -1.28. The summed E-state index contributed by atoms with van der Waals surface area (Å²) in [5.74, 6) is 0.959. The lowest BCUT2D eigenvalue weighted by molar-refractivity contribution is 0.309. The summed E-state index contributed by atoms with van der Waals surface area (Å²) in [4.78, 5) is 0. The van der Waals surface area contributed by atoms with E-state index in [1.165, 1.54) is 17.6 Å². The van der Waals surface area contributed by atoms with E-state index in [9.17, 15) is 0 Å². The number of hydrogen-bond acceptors (Lipinski definition) is 2. The molecule has 0 atom stereocenters. The number of nitrogens with one attached hydrogen (secondary N) is 1. The molecular weight excluding hydrogens is 246 g/mol. The van der Waals surface area contributed by atoms with Crippen LogP contribution < -0.4 is 10.1 Å². The van der Waals surface area contributed by atoms with Crippen LogP contribution in [0, 0.1) is 0 Å². The number of rotatable bonds is 7. The largest absolute Gasteiger partial charge is 0.494 e. The van der Waals surface area contributed by atoms with Crippen molar-refractivity contribution in [2.45, 2.75) is 53.0 Å². The number of hydrogen-bond donors (Lipinski definition) is 1. The second-order valence-corrected chi connectivity index (χ2v) is 6.37. The van der Waals surface area contributed by atoms with Crippen molar-refractivity contribution in [1.29, 1.82) is 0 Å². The molecule has 0 saturated heterocycles. The summed E-state index contributed by atoms with van der Waals surface area (Å²) in [5.41, 5.74) is 2.71. The molecular formula is C18H29NO. The maximum Gasteiger partial charge on any atom is 0.119 e. The third-order valence-electron chi connectivity index (χ3n) is 2.96. The molecule has 0 aromatic heterocycles. The Morgan fingerprint density at radius 1 is 1.20 bits per heavy atom. The molecule has 0 aliphatic heterocycles. The Kier molecular flexibility index (Phi) is 6.80. The normalized spacial score (nSPS) is 12.6. The Morgan fingerprint density at radius 2 is 1.85 bits per heavy atom. The van der Waals surface area contributed by atoms with E-state index < -0.39 is 0 Å². The topological polar surface area (TPSA) is 21.3 Å². The molecule has 20 heavy (non-hydrogen) atoms. The summed E-state index contributed by atoms with van der Waals surface area (Å²) in [5, 5.41) is 3.49. The first kappa shape index (κ1) is 16.8. The van der Waals surface area contributed by atoms with Crippen LogP contribution in [0.2, 0.25) is 0 Å². The molecule has 0 saturated carbocycles. The van der Waals surface area contributed by atoms with Crippen molar-refractivity contribution in [3.05, 3.63) is 35.4 Å². The van der Waals surface area contributed by atoms with Crippen LogP contribution >= 0.6 is 0 Å². The Labute approximate surface area is 124 Å². The molecule has 0 aliphatic carbocycles. The van der Waals surface area contributed by atoms with Crippen LogP contribution in [0.5, 0.6) is 5.75 Å². The molecule has 0 aliphatic rings. The first-order valence-corrected chi connectivity index (χ1v) is 7.56. The molecule has 2 heteroatoms. The zero-order valence-electron chi connectivity index (χ0n) is 13.6. The maximum absolute atomic E-state index is 5.67. The van der Waals surface area contributed by atoms with Crippen LogP contribution in [-0.2, 0) is 0 Å². The van der Waals surface area contributed by atoms with E-state index in [0.717, 1.165) is 25.3 Å². The van der Waals surface area contributed by atoms with E-state index in [1.54, 1.807) is 0 Å². The summed E-state index contributed by atoms with van der Waals surface area (Å²) >= 11 is 0. The van der Waals surface area contributed by atoms with Crippen molar-refractivity contribution in [3.63, 3.8) is 0 Å². The van der Waals surface area contributed by atoms with Gasteiger partial charge in [-0.3, -0.25) is 0 Å². The molecule has 1 aromatic carbocycles. The van der Waals surface area contributed by atoms with Crippen LogP contribution in [0.15, 0.2) is 29.8 Å². The number of benzene rings is 1. The molecule has 0 unspecified atom stereocenters. The summed E-state index contributed by atoms with van der Waals surface area (Å²) in [7, 11) is 0. The summed E-state index contributed by atoms with van der Waals surface area (Å²) < 4.78 is 5.67. The summed E-state index contributed by atoms with van der Waals surface area (Å²) in [6.45, 7) is 12.6. The predicted octanol–water partition coefficient (Wildman–Crippen LogP) is 4.66. The van der Waals surface area contributed by atoms with Crippen molar-refractivity contribution >= 4 is 6.08 Å². The Bertz CT molecular complexity index is 412. The first-order chi connectivity index (χ1) is 9.40. The minimum atomic E-state index is 0.159. The molecule has 112 valence electrons. The fourth-order valence-electron chi connectivity index (χ4n) is 1.73. The SMILES string of the molecule is CCCCOc1ccc(C=C(C)CNC(C)(C)C)cc1. The highest BCUT2D eigenvalue weighted by Crippen LogP contribution is 2.15. The van der Waals surface area contributed by atoms with Gasteiger partial charge in [0.2, 0.25) is 0 Å². The zero-order valence-corrected chi connectivity index (χ0v) is 13.6. The lowest BCUT2D eigenvalue weighted by atomic mass is 10.1. The third kappa shape index (κ3) is 7.34. The molecule has 0 heterocycles. The van der Waals surface area contributed by atoms with Gasteiger partial charge in [-0.2, -0.15) is 0 Å². The van der Waals surface area contributed by atoms with Gasteiger partial charge in [0.25, 0.3) is 0 Å². The molecule has 0 radical (unpaired) electrons. The van der Waals surface area contributed by atoms with Gasteiger partial charge < -0.3 is 10.1 Å². The second kappa shape index (κ2) is 8.11. The summed E-state index contributed by atoms with van der Waals surface area (Å²) in [6, 6.07) is 8.32. The highest BCUT2D eigenvalue weighted by atomic mass is 16.5. The third-order valence-corrected chi connectivity index (χ3v) is 2.96. The van der Waals surface area contributed by atoms with E-state index in [-0.39, 0.29) is 5.54 Å². The van der Waals surface area contributed by atoms with Gasteiger partial charge in [0.05, 0.1) is 6.61 Å². The van der Waals surface area contributed by atoms with Gasteiger partial charge in [0, 0.05) is 12.1 Å². The van der Waals surface area contributed by atoms with Crippen LogP contribution in [0.1, 0.15) is 53.0 Å². The standard InChI is InChI=1S/C18H29NO/c1-6-7-12-20-17-10-8-16(9-11-17)13-15(2)14-19-18(3,4)5/h8-11,13,19H,6-7,12,14H2,1-5H3. The molecule has 2 nitrogen and oxygen atoms in total. The fourth-order valence-corrected chi connectivity index (χ4v) is 1.73. The van der Waals surface area contributed by atoms with Crippen LogP contribution in [-0.4, -0.2) is 18.7 Å². The molecule has 0 bridgehead atoms. The van der Waals surface area contributed by atoms with Gasteiger partial charge in [-0.15, -0.1) is 0 Å². The minimum absolute atomic E-state index is 0.159. The van der Waals surface area contributed by atoms with Crippen LogP contribution in [0.25, 0.3) is 6.08 Å². The van der Waals surface area contributed by atoms with Gasteiger partial charge in [-0.1, -0.05) is 37.1 Å². The van der Waals surface area contributed by atoms with Gasteiger partial charge in [-0.05, 0) is 51.8 Å². The van der Waals surface area contributed by atoms with E-state index in [0.29, 0.717) is 0 Å². The highest BCUT2D eigenvalue weighted by Gasteiger charge is 2.07. The van der Waals surface area contributed by atoms with Gasteiger partial charge in [0.15, 0.2) is 0 Å². The smallest absolute Gasteiger partial charge is 0.119 e. The Balaban J connectivity index is 2.51.